The van der Waals surface area contributed by atoms with Crippen LogP contribution in [0.4, 0.5) is 0 Å². The molecule has 1 nitrogen and oxygen atoms in total. The van der Waals surface area contributed by atoms with Crippen LogP contribution in [-0.4, -0.2) is 12.6 Å². The van der Waals surface area contributed by atoms with E-state index in [0.29, 0.717) is 0 Å². The van der Waals surface area contributed by atoms with Crippen molar-refractivity contribution in [3.63, 3.8) is 0 Å². The molecule has 0 aromatic rings. The third kappa shape index (κ3) is 6.11. The van der Waals surface area contributed by atoms with E-state index in [1.54, 1.807) is 0 Å². The van der Waals surface area contributed by atoms with Gasteiger partial charge < -0.3 is 5.32 Å². The van der Waals surface area contributed by atoms with E-state index in [1.807, 2.05) is 6.08 Å². The summed E-state index contributed by atoms with van der Waals surface area (Å²) in [6, 6.07) is 0.767. The minimum Gasteiger partial charge on any atom is -0.311 e. The second-order valence-electron chi connectivity index (χ2n) is 3.74. The lowest BCUT2D eigenvalue weighted by Crippen LogP contribution is -2.29. The standard InChI is InChI=1S/C11H21N.ClH/c1-2-10-12-11-8-6-4-3-5-7-9-11;/h2,11-12H,1,3-10H2;1H. The largest absolute Gasteiger partial charge is 0.311 e. The van der Waals surface area contributed by atoms with Crippen molar-refractivity contribution < 1.29 is 0 Å². The van der Waals surface area contributed by atoms with E-state index >= 15 is 0 Å². The van der Waals surface area contributed by atoms with Crippen LogP contribution in [0.5, 0.6) is 0 Å². The van der Waals surface area contributed by atoms with E-state index < -0.39 is 0 Å². The van der Waals surface area contributed by atoms with Gasteiger partial charge in [-0.2, -0.15) is 0 Å². The Hall–Kier alpha value is -0.0100. The maximum Gasteiger partial charge on any atom is 0.0134 e. The lowest BCUT2D eigenvalue weighted by atomic mass is 9.97. The van der Waals surface area contributed by atoms with Crippen molar-refractivity contribution in [2.75, 3.05) is 6.54 Å². The van der Waals surface area contributed by atoms with Crippen LogP contribution in [-0.2, 0) is 0 Å². The lowest BCUT2D eigenvalue weighted by molar-refractivity contribution is 0.401. The van der Waals surface area contributed by atoms with E-state index in [-0.39, 0.29) is 12.4 Å². The third-order valence-corrected chi connectivity index (χ3v) is 2.66. The summed E-state index contributed by atoms with van der Waals surface area (Å²) in [6.45, 7) is 4.70. The number of halogens is 1. The van der Waals surface area contributed by atoms with Gasteiger partial charge in [0, 0.05) is 12.6 Å². The lowest BCUT2D eigenvalue weighted by Gasteiger charge is -2.20. The van der Waals surface area contributed by atoms with Crippen molar-refractivity contribution in [3.05, 3.63) is 12.7 Å². The maximum absolute atomic E-state index is 3.72. The summed E-state index contributed by atoms with van der Waals surface area (Å²) in [6.07, 6.45) is 11.8. The van der Waals surface area contributed by atoms with Gasteiger partial charge in [0.05, 0.1) is 0 Å². The molecule has 0 aromatic carbocycles. The fourth-order valence-electron chi connectivity index (χ4n) is 1.91. The van der Waals surface area contributed by atoms with Gasteiger partial charge in [-0.3, -0.25) is 0 Å². The Morgan fingerprint density at radius 1 is 1.08 bits per heavy atom. The molecule has 0 amide bonds. The van der Waals surface area contributed by atoms with Crippen LogP contribution in [0.25, 0.3) is 0 Å². The Balaban J connectivity index is 0.00000144. The zero-order valence-electron chi connectivity index (χ0n) is 8.43. The third-order valence-electron chi connectivity index (χ3n) is 2.66. The van der Waals surface area contributed by atoms with Crippen molar-refractivity contribution in [3.8, 4) is 0 Å². The fourth-order valence-corrected chi connectivity index (χ4v) is 1.91. The van der Waals surface area contributed by atoms with Crippen LogP contribution in [0.15, 0.2) is 12.7 Å². The molecule has 1 rings (SSSR count). The number of hydrogen-bond donors (Lipinski definition) is 1. The number of rotatable bonds is 3. The van der Waals surface area contributed by atoms with Gasteiger partial charge in [0.2, 0.25) is 0 Å². The van der Waals surface area contributed by atoms with Crippen LogP contribution in [0.3, 0.4) is 0 Å². The molecular formula is C11H22ClN. The molecule has 0 atom stereocenters. The van der Waals surface area contributed by atoms with Crippen molar-refractivity contribution in [2.45, 2.75) is 51.0 Å². The SMILES string of the molecule is C=CCNC1CCCCCCC1.Cl. The summed E-state index contributed by atoms with van der Waals surface area (Å²) in [5.41, 5.74) is 0. The van der Waals surface area contributed by atoms with Gasteiger partial charge in [-0.15, -0.1) is 19.0 Å². The maximum atomic E-state index is 3.72. The Morgan fingerprint density at radius 3 is 2.15 bits per heavy atom. The molecule has 1 aliphatic carbocycles. The second-order valence-corrected chi connectivity index (χ2v) is 3.74. The first-order chi connectivity index (χ1) is 5.93. The Bertz CT molecular complexity index is 117. The van der Waals surface area contributed by atoms with E-state index in [0.717, 1.165) is 12.6 Å². The predicted octanol–water partition coefficient (Wildman–Crippen LogP) is 3.30. The summed E-state index contributed by atoms with van der Waals surface area (Å²) < 4.78 is 0. The minimum absolute atomic E-state index is 0. The van der Waals surface area contributed by atoms with Gasteiger partial charge in [-0.25, -0.2) is 0 Å². The summed E-state index contributed by atoms with van der Waals surface area (Å²) >= 11 is 0. The molecule has 1 fully saturated rings. The molecule has 0 bridgehead atoms. The van der Waals surface area contributed by atoms with Gasteiger partial charge in [-0.05, 0) is 12.8 Å². The van der Waals surface area contributed by atoms with E-state index in [2.05, 4.69) is 11.9 Å². The topological polar surface area (TPSA) is 12.0 Å². The molecular weight excluding hydrogens is 182 g/mol. The van der Waals surface area contributed by atoms with Gasteiger partial charge in [0.1, 0.15) is 0 Å². The monoisotopic (exact) mass is 203 g/mol. The quantitative estimate of drug-likeness (QED) is 0.695. The molecule has 1 N–H and O–H groups in total. The van der Waals surface area contributed by atoms with Crippen LogP contribution < -0.4 is 5.32 Å². The molecule has 0 saturated heterocycles. The molecule has 78 valence electrons. The first-order valence-electron chi connectivity index (χ1n) is 5.28. The fraction of sp³-hybridized carbons (Fsp3) is 0.818. The molecule has 0 aliphatic heterocycles. The molecule has 1 aliphatic rings. The number of nitrogens with one attached hydrogen (secondary N) is 1. The van der Waals surface area contributed by atoms with Crippen LogP contribution >= 0.6 is 12.4 Å². The number of hydrogen-bond acceptors (Lipinski definition) is 1. The Kier molecular flexibility index (Phi) is 8.58. The highest BCUT2D eigenvalue weighted by molar-refractivity contribution is 5.85. The van der Waals surface area contributed by atoms with E-state index in [1.165, 1.54) is 44.9 Å². The summed E-state index contributed by atoms with van der Waals surface area (Å²) in [7, 11) is 0. The van der Waals surface area contributed by atoms with Crippen molar-refractivity contribution in [1.29, 1.82) is 0 Å². The molecule has 13 heavy (non-hydrogen) atoms. The second kappa shape index (κ2) is 8.58. The van der Waals surface area contributed by atoms with Crippen LogP contribution in [0.2, 0.25) is 0 Å². The van der Waals surface area contributed by atoms with Gasteiger partial charge in [0.15, 0.2) is 0 Å². The zero-order chi connectivity index (χ0) is 8.65. The normalized spacial score (nSPS) is 19.7. The summed E-state index contributed by atoms with van der Waals surface area (Å²) in [4.78, 5) is 0. The average Bonchev–Trinajstić information content (AvgIpc) is 2.02. The van der Waals surface area contributed by atoms with Crippen molar-refractivity contribution in [2.24, 2.45) is 0 Å². The predicted molar refractivity (Wildman–Crippen MR) is 61.6 cm³/mol. The first kappa shape index (κ1) is 13.0. The van der Waals surface area contributed by atoms with Gasteiger partial charge in [-0.1, -0.05) is 38.2 Å². The molecule has 1 saturated carbocycles. The molecule has 0 aromatic heterocycles. The molecule has 0 radical (unpaired) electrons. The summed E-state index contributed by atoms with van der Waals surface area (Å²) in [5, 5.41) is 3.52. The first-order valence-corrected chi connectivity index (χ1v) is 5.28. The van der Waals surface area contributed by atoms with E-state index in [9.17, 15) is 0 Å². The van der Waals surface area contributed by atoms with E-state index in [4.69, 9.17) is 0 Å². The molecule has 0 heterocycles. The van der Waals surface area contributed by atoms with Gasteiger partial charge in [0.25, 0.3) is 0 Å². The van der Waals surface area contributed by atoms with Crippen LogP contribution in [0, 0.1) is 0 Å². The van der Waals surface area contributed by atoms with Crippen LogP contribution in [0.1, 0.15) is 44.9 Å². The highest BCUT2D eigenvalue weighted by atomic mass is 35.5. The highest BCUT2D eigenvalue weighted by Gasteiger charge is 2.08. The zero-order valence-corrected chi connectivity index (χ0v) is 9.24. The van der Waals surface area contributed by atoms with Crippen molar-refractivity contribution in [1.82, 2.24) is 5.32 Å². The molecule has 2 heteroatoms. The summed E-state index contributed by atoms with van der Waals surface area (Å²) in [5.74, 6) is 0. The minimum atomic E-state index is 0. The molecule has 0 unspecified atom stereocenters. The smallest absolute Gasteiger partial charge is 0.0134 e. The Morgan fingerprint density at radius 2 is 1.62 bits per heavy atom. The Labute approximate surface area is 88.4 Å². The molecule has 0 spiro atoms. The average molecular weight is 204 g/mol. The van der Waals surface area contributed by atoms with Crippen molar-refractivity contribution >= 4 is 12.4 Å². The van der Waals surface area contributed by atoms with Gasteiger partial charge >= 0.3 is 0 Å². The highest BCUT2D eigenvalue weighted by Crippen LogP contribution is 2.16.